The van der Waals surface area contributed by atoms with Gasteiger partial charge in [-0.05, 0) is 25.7 Å². The van der Waals surface area contributed by atoms with E-state index in [0.29, 0.717) is 19.6 Å². The maximum atomic E-state index is 10.1. The number of hydrogen-bond acceptors (Lipinski definition) is 5. The summed E-state index contributed by atoms with van der Waals surface area (Å²) in [6.45, 7) is 4.83. The Kier molecular flexibility index (Phi) is 22.3. The molecule has 1 unspecified atom stereocenters. The molecule has 0 aliphatic rings. The molecule has 0 aromatic rings. The first-order valence-electron chi connectivity index (χ1n) is 11.2. The van der Waals surface area contributed by atoms with Crippen molar-refractivity contribution in [2.75, 3.05) is 19.8 Å². The smallest absolute Gasteiger partial charge is 0.303 e. The van der Waals surface area contributed by atoms with Crippen molar-refractivity contribution in [2.45, 2.75) is 109 Å². The molecule has 0 amide bonds. The molecule has 7 nitrogen and oxygen atoms in total. The van der Waals surface area contributed by atoms with Gasteiger partial charge in [0.05, 0.1) is 25.4 Å². The molecule has 0 saturated carbocycles. The topological polar surface area (TPSA) is 124 Å². The van der Waals surface area contributed by atoms with Crippen molar-refractivity contribution in [1.82, 2.24) is 0 Å². The van der Waals surface area contributed by atoms with Gasteiger partial charge in [-0.2, -0.15) is 0 Å². The van der Waals surface area contributed by atoms with Gasteiger partial charge in [-0.15, -0.1) is 0 Å². The second kappa shape index (κ2) is 21.5. The van der Waals surface area contributed by atoms with E-state index in [2.05, 4.69) is 6.92 Å². The van der Waals surface area contributed by atoms with Crippen LogP contribution in [0.1, 0.15) is 104 Å². The third-order valence-corrected chi connectivity index (χ3v) is 4.79. The number of aliphatic hydroxyl groups excluding tert-OH is 1. The van der Waals surface area contributed by atoms with E-state index >= 15 is 0 Å². The van der Waals surface area contributed by atoms with Crippen LogP contribution >= 0.6 is 0 Å². The van der Waals surface area contributed by atoms with Crippen molar-refractivity contribution >= 4 is 11.9 Å². The fourth-order valence-electron chi connectivity index (χ4n) is 2.82. The van der Waals surface area contributed by atoms with Crippen molar-refractivity contribution < 1.29 is 34.8 Å². The van der Waals surface area contributed by atoms with E-state index in [-0.39, 0.29) is 19.4 Å². The number of carboxylic acids is 2. The van der Waals surface area contributed by atoms with Gasteiger partial charge >= 0.3 is 11.9 Å². The highest BCUT2D eigenvalue weighted by Gasteiger charge is 2.24. The lowest BCUT2D eigenvalue weighted by molar-refractivity contribution is -0.138. The Labute approximate surface area is 176 Å². The first-order valence-corrected chi connectivity index (χ1v) is 11.2. The molecule has 0 saturated heterocycles. The molecule has 0 fully saturated rings. The van der Waals surface area contributed by atoms with Crippen molar-refractivity contribution in [3.63, 3.8) is 0 Å². The quantitative estimate of drug-likeness (QED) is 0.228. The molecule has 0 aliphatic heterocycles. The Bertz CT molecular complexity index is 367. The molecule has 0 spiro atoms. The minimum atomic E-state index is -0.740. The average Bonchev–Trinajstić information content (AvgIpc) is 2.67. The van der Waals surface area contributed by atoms with Crippen molar-refractivity contribution in [3.8, 4) is 0 Å². The Morgan fingerprint density at radius 3 is 1.69 bits per heavy atom. The van der Waals surface area contributed by atoms with Crippen LogP contribution in [0, 0.1) is 0 Å². The largest absolute Gasteiger partial charge is 0.481 e. The van der Waals surface area contributed by atoms with E-state index in [1.54, 1.807) is 0 Å². The fourth-order valence-corrected chi connectivity index (χ4v) is 2.82. The van der Waals surface area contributed by atoms with Crippen molar-refractivity contribution in [2.24, 2.45) is 0 Å². The number of ether oxygens (including phenoxy) is 1. The zero-order chi connectivity index (χ0) is 22.4. The number of carbonyl (C=O) groups is 2. The highest BCUT2D eigenvalue weighted by molar-refractivity contribution is 5.66. The third-order valence-electron chi connectivity index (χ3n) is 4.79. The van der Waals surface area contributed by atoms with Gasteiger partial charge in [0.1, 0.15) is 0 Å². The number of aliphatic carboxylic acids is 2. The summed E-state index contributed by atoms with van der Waals surface area (Å²) in [5.74, 6) is -1.48. The molecular weight excluding hydrogens is 376 g/mol. The Morgan fingerprint density at radius 2 is 1.28 bits per heavy atom. The summed E-state index contributed by atoms with van der Waals surface area (Å²) < 4.78 is 5.20. The van der Waals surface area contributed by atoms with Gasteiger partial charge in [0.2, 0.25) is 0 Å². The van der Waals surface area contributed by atoms with E-state index < -0.39 is 17.5 Å². The summed E-state index contributed by atoms with van der Waals surface area (Å²) in [4.78, 5) is 20.3. The van der Waals surface area contributed by atoms with Gasteiger partial charge in [0.25, 0.3) is 0 Å². The van der Waals surface area contributed by atoms with Crippen LogP contribution in [0.5, 0.6) is 0 Å². The maximum absolute atomic E-state index is 10.1. The zero-order valence-electron chi connectivity index (χ0n) is 18.5. The lowest BCUT2D eigenvalue weighted by Crippen LogP contribution is -2.34. The summed E-state index contributed by atoms with van der Waals surface area (Å²) in [6, 6.07) is 0. The monoisotopic (exact) mass is 420 g/mol. The van der Waals surface area contributed by atoms with Crippen LogP contribution in [-0.2, 0) is 14.3 Å². The predicted molar refractivity (Wildman–Crippen MR) is 114 cm³/mol. The molecule has 0 heterocycles. The predicted octanol–water partition coefficient (Wildman–Crippen LogP) is 4.38. The van der Waals surface area contributed by atoms with Gasteiger partial charge in [0, 0.05) is 12.8 Å². The molecule has 174 valence electrons. The number of aliphatic hydroxyl groups is 2. The summed E-state index contributed by atoms with van der Waals surface area (Å²) in [6.07, 6.45) is 12.0. The van der Waals surface area contributed by atoms with Gasteiger partial charge in [0.15, 0.2) is 0 Å². The van der Waals surface area contributed by atoms with Gasteiger partial charge < -0.3 is 25.2 Å². The normalized spacial score (nSPS) is 12.7. The number of unbranched alkanes of at least 4 members (excludes halogenated alkanes) is 8. The van der Waals surface area contributed by atoms with Crippen LogP contribution in [0.25, 0.3) is 0 Å². The van der Waals surface area contributed by atoms with Crippen LogP contribution in [-0.4, -0.2) is 57.8 Å². The lowest BCUT2D eigenvalue weighted by Gasteiger charge is -2.26. The second-order valence-electron chi connectivity index (χ2n) is 7.57. The SMILES string of the molecule is CCCCCCC(O)(CC)COCCO.O=C(O)CCCCCCCCC(=O)O. The molecule has 29 heavy (non-hydrogen) atoms. The summed E-state index contributed by atoms with van der Waals surface area (Å²) in [5, 5.41) is 35.4. The summed E-state index contributed by atoms with van der Waals surface area (Å²) in [5.41, 5.74) is -0.692. The molecular formula is C22H44O7. The van der Waals surface area contributed by atoms with E-state index in [4.69, 9.17) is 20.1 Å². The van der Waals surface area contributed by atoms with Crippen molar-refractivity contribution in [1.29, 1.82) is 0 Å². The number of carboxylic acid groups (broad SMARTS) is 2. The van der Waals surface area contributed by atoms with E-state index in [1.807, 2.05) is 6.92 Å². The van der Waals surface area contributed by atoms with Crippen LogP contribution in [0.15, 0.2) is 0 Å². The second-order valence-corrected chi connectivity index (χ2v) is 7.57. The zero-order valence-corrected chi connectivity index (χ0v) is 18.5. The molecule has 0 radical (unpaired) electrons. The van der Waals surface area contributed by atoms with E-state index in [0.717, 1.165) is 51.4 Å². The van der Waals surface area contributed by atoms with Crippen LogP contribution in [0.4, 0.5) is 0 Å². The van der Waals surface area contributed by atoms with Gasteiger partial charge in [-0.1, -0.05) is 65.2 Å². The summed E-state index contributed by atoms with van der Waals surface area (Å²) in [7, 11) is 0. The molecule has 0 aromatic heterocycles. The van der Waals surface area contributed by atoms with Crippen LogP contribution in [0.3, 0.4) is 0 Å². The minimum Gasteiger partial charge on any atom is -0.481 e. The first kappa shape index (κ1) is 30.0. The first-order chi connectivity index (χ1) is 13.8. The number of hydrogen-bond donors (Lipinski definition) is 4. The Hall–Kier alpha value is -1.18. The molecule has 1 atom stereocenters. The van der Waals surface area contributed by atoms with Gasteiger partial charge in [-0.25, -0.2) is 0 Å². The summed E-state index contributed by atoms with van der Waals surface area (Å²) >= 11 is 0. The third kappa shape index (κ3) is 24.8. The standard InChI is InChI=1S/C12H26O3.C10H18O4/c1-3-5-6-7-8-12(14,4-2)11-15-10-9-13;11-9(12)7-5-3-1-2-4-6-8-10(13)14/h13-14H,3-11H2,1-2H3;1-8H2,(H,11,12)(H,13,14). The Balaban J connectivity index is 0. The fraction of sp³-hybridized carbons (Fsp3) is 0.909. The van der Waals surface area contributed by atoms with E-state index in [1.165, 1.54) is 19.3 Å². The minimum absolute atomic E-state index is 0.0234. The molecule has 0 rings (SSSR count). The molecule has 7 heteroatoms. The highest BCUT2D eigenvalue weighted by Crippen LogP contribution is 2.19. The molecule has 0 bridgehead atoms. The Morgan fingerprint density at radius 1 is 0.793 bits per heavy atom. The highest BCUT2D eigenvalue weighted by atomic mass is 16.5. The van der Waals surface area contributed by atoms with E-state index in [9.17, 15) is 14.7 Å². The molecule has 0 aliphatic carbocycles. The average molecular weight is 421 g/mol. The van der Waals surface area contributed by atoms with Crippen LogP contribution < -0.4 is 0 Å². The molecule has 0 aromatic carbocycles. The van der Waals surface area contributed by atoms with Crippen molar-refractivity contribution in [3.05, 3.63) is 0 Å². The van der Waals surface area contributed by atoms with Crippen LogP contribution in [0.2, 0.25) is 0 Å². The maximum Gasteiger partial charge on any atom is 0.303 e. The van der Waals surface area contributed by atoms with Gasteiger partial charge in [-0.3, -0.25) is 9.59 Å². The number of rotatable bonds is 19. The molecule has 4 N–H and O–H groups in total. The lowest BCUT2D eigenvalue weighted by atomic mass is 9.94.